The van der Waals surface area contributed by atoms with Crippen molar-refractivity contribution in [1.82, 2.24) is 19.1 Å². The third-order valence-electron chi connectivity index (χ3n) is 9.07. The number of aromatic nitrogens is 1. The molecule has 0 unspecified atom stereocenters. The Bertz CT molecular complexity index is 1670. The van der Waals surface area contributed by atoms with Crippen molar-refractivity contribution >= 4 is 50.7 Å². The first-order chi connectivity index (χ1) is 19.0. The summed E-state index contributed by atoms with van der Waals surface area (Å²) in [6.45, 7) is 0.728. The van der Waals surface area contributed by atoms with E-state index >= 15 is 0 Å². The largest absolute Gasteiger partial charge is 0.339 e. The van der Waals surface area contributed by atoms with Crippen LogP contribution in [0.2, 0.25) is 0 Å². The molecule has 196 valence electrons. The SMILES string of the molecule is O=C([C@H]1C[C@H]2C[C@H]2N1C(=O)c1c2ccccc2n2ccsc12)N1C[C@@H]2C(=O)N(Cc3ccccc3)C(=O)[C@@H]2C1. The number of likely N-dealkylation sites (tertiary alicyclic amines) is 3. The average molecular weight is 539 g/mol. The third kappa shape index (κ3) is 3.29. The smallest absolute Gasteiger partial charge is 0.258 e. The van der Waals surface area contributed by atoms with Gasteiger partial charge in [0.15, 0.2) is 0 Å². The van der Waals surface area contributed by atoms with Gasteiger partial charge in [0, 0.05) is 36.1 Å². The fraction of sp³-hybridized carbons (Fsp3) is 0.333. The highest BCUT2D eigenvalue weighted by atomic mass is 32.1. The summed E-state index contributed by atoms with van der Waals surface area (Å²) in [5, 5.41) is 2.87. The van der Waals surface area contributed by atoms with Crippen molar-refractivity contribution in [3.8, 4) is 0 Å². The van der Waals surface area contributed by atoms with Crippen LogP contribution in [0.1, 0.15) is 28.8 Å². The molecule has 9 heteroatoms. The van der Waals surface area contributed by atoms with Crippen molar-refractivity contribution in [3.63, 3.8) is 0 Å². The summed E-state index contributed by atoms with van der Waals surface area (Å²) in [5.74, 6) is -1.32. The predicted octanol–water partition coefficient (Wildman–Crippen LogP) is 3.40. The van der Waals surface area contributed by atoms with Gasteiger partial charge in [0.25, 0.3) is 5.91 Å². The molecule has 3 aliphatic heterocycles. The Morgan fingerprint density at radius 2 is 1.62 bits per heavy atom. The van der Waals surface area contributed by atoms with Crippen LogP contribution in [0.3, 0.4) is 0 Å². The molecule has 2 aromatic carbocycles. The zero-order valence-electron chi connectivity index (χ0n) is 21.1. The molecule has 5 heterocycles. The fourth-order valence-electron chi connectivity index (χ4n) is 7.09. The maximum absolute atomic E-state index is 14.2. The van der Waals surface area contributed by atoms with E-state index in [1.165, 1.54) is 16.2 Å². The Morgan fingerprint density at radius 1 is 0.897 bits per heavy atom. The first-order valence-corrected chi connectivity index (χ1v) is 14.4. The maximum Gasteiger partial charge on any atom is 0.258 e. The summed E-state index contributed by atoms with van der Waals surface area (Å²) in [6, 6.07) is 16.9. The topological polar surface area (TPSA) is 82.4 Å². The minimum absolute atomic E-state index is 0.0758. The average Bonchev–Trinajstić information content (AvgIpc) is 3.41. The summed E-state index contributed by atoms with van der Waals surface area (Å²) >= 11 is 1.53. The van der Waals surface area contributed by atoms with Crippen molar-refractivity contribution in [2.45, 2.75) is 31.5 Å². The lowest BCUT2D eigenvalue weighted by molar-refractivity contribution is -0.142. The van der Waals surface area contributed by atoms with E-state index in [0.29, 0.717) is 17.9 Å². The number of benzene rings is 2. The van der Waals surface area contributed by atoms with Gasteiger partial charge in [-0.25, -0.2) is 0 Å². The number of hydrogen-bond donors (Lipinski definition) is 0. The van der Waals surface area contributed by atoms with E-state index in [1.807, 2.05) is 75.5 Å². The van der Waals surface area contributed by atoms with Crippen molar-refractivity contribution in [3.05, 3.63) is 77.3 Å². The number of thiazole rings is 1. The number of carbonyl (C=O) groups is 4. The maximum atomic E-state index is 14.2. The number of para-hydroxylation sites is 1. The molecule has 4 aromatic rings. The van der Waals surface area contributed by atoms with Crippen molar-refractivity contribution in [2.75, 3.05) is 13.1 Å². The van der Waals surface area contributed by atoms with E-state index in [4.69, 9.17) is 0 Å². The lowest BCUT2D eigenvalue weighted by Crippen LogP contribution is -2.49. The van der Waals surface area contributed by atoms with Gasteiger partial charge in [-0.1, -0.05) is 48.5 Å². The molecule has 8 rings (SSSR count). The highest BCUT2D eigenvalue weighted by molar-refractivity contribution is 7.16. The van der Waals surface area contributed by atoms with Crippen molar-refractivity contribution in [1.29, 1.82) is 0 Å². The minimum Gasteiger partial charge on any atom is -0.339 e. The summed E-state index contributed by atoms with van der Waals surface area (Å²) < 4.78 is 2.05. The van der Waals surface area contributed by atoms with E-state index in [1.54, 1.807) is 4.90 Å². The molecule has 39 heavy (non-hydrogen) atoms. The summed E-state index contributed by atoms with van der Waals surface area (Å²) in [7, 11) is 0. The second-order valence-electron chi connectivity index (χ2n) is 11.2. The minimum atomic E-state index is -0.556. The molecule has 8 nitrogen and oxygen atoms in total. The van der Waals surface area contributed by atoms with Crippen molar-refractivity contribution < 1.29 is 19.2 Å². The molecule has 0 N–H and O–H groups in total. The van der Waals surface area contributed by atoms with Gasteiger partial charge in [-0.3, -0.25) is 24.1 Å². The van der Waals surface area contributed by atoms with Gasteiger partial charge in [-0.2, -0.15) is 0 Å². The molecule has 1 saturated carbocycles. The molecule has 0 bridgehead atoms. The first kappa shape index (κ1) is 23.0. The first-order valence-electron chi connectivity index (χ1n) is 13.5. The number of carbonyl (C=O) groups excluding carboxylic acids is 4. The van der Waals surface area contributed by atoms with Crippen LogP contribution in [0.15, 0.2) is 66.2 Å². The molecule has 1 aliphatic carbocycles. The predicted molar refractivity (Wildman–Crippen MR) is 145 cm³/mol. The van der Waals surface area contributed by atoms with Crippen LogP contribution in [0.5, 0.6) is 0 Å². The van der Waals surface area contributed by atoms with E-state index in [9.17, 15) is 19.2 Å². The Hall–Kier alpha value is -3.98. The lowest BCUT2D eigenvalue weighted by Gasteiger charge is -2.30. The van der Waals surface area contributed by atoms with Gasteiger partial charge in [0.2, 0.25) is 17.7 Å². The second-order valence-corrected chi connectivity index (χ2v) is 12.1. The molecular weight excluding hydrogens is 512 g/mol. The Kier molecular flexibility index (Phi) is 4.86. The number of nitrogens with zero attached hydrogens (tertiary/aromatic N) is 4. The molecule has 0 spiro atoms. The molecule has 4 aliphatic rings. The van der Waals surface area contributed by atoms with Gasteiger partial charge >= 0.3 is 0 Å². The van der Waals surface area contributed by atoms with Gasteiger partial charge in [-0.05, 0) is 30.4 Å². The molecule has 0 radical (unpaired) electrons. The van der Waals surface area contributed by atoms with Crippen LogP contribution in [-0.4, -0.2) is 67.9 Å². The standard InChI is InChI=1S/C30H26N4O4S/c35-26-20-15-31(16-21(20)27(36)33(26)14-17-6-2-1-3-7-17)28(37)24-13-18-12-23(18)34(24)29(38)25-19-8-4-5-9-22(19)32-10-11-39-30(25)32/h1-11,18,20-21,23-24H,12-16H2/t18-,20-,21+,23-,24-/m1/s1. The quantitative estimate of drug-likeness (QED) is 0.373. The fourth-order valence-corrected chi connectivity index (χ4v) is 7.99. The van der Waals surface area contributed by atoms with Gasteiger partial charge in [0.1, 0.15) is 10.9 Å². The molecule has 5 atom stereocenters. The summed E-state index contributed by atoms with van der Waals surface area (Å²) in [5.41, 5.74) is 2.55. The Balaban J connectivity index is 1.05. The number of imide groups is 1. The molecular formula is C30H26N4O4S. The summed E-state index contributed by atoms with van der Waals surface area (Å²) in [6.07, 6.45) is 3.54. The second kappa shape index (κ2) is 8.26. The van der Waals surface area contributed by atoms with Crippen LogP contribution >= 0.6 is 11.3 Å². The van der Waals surface area contributed by atoms with Crippen molar-refractivity contribution in [2.24, 2.45) is 17.8 Å². The molecule has 2 aromatic heterocycles. The summed E-state index contributed by atoms with van der Waals surface area (Å²) in [4.78, 5) is 60.2. The molecule has 4 amide bonds. The normalized spacial score (nSPS) is 27.6. The van der Waals surface area contributed by atoms with Crippen LogP contribution in [0.4, 0.5) is 0 Å². The number of piperidine rings is 1. The number of fused-ring (bicyclic) bond motifs is 5. The molecule has 3 saturated heterocycles. The highest BCUT2D eigenvalue weighted by Gasteiger charge is 2.59. The third-order valence-corrected chi connectivity index (χ3v) is 9.96. The van der Waals surface area contributed by atoms with Crippen LogP contribution in [0, 0.1) is 17.8 Å². The zero-order valence-corrected chi connectivity index (χ0v) is 21.9. The monoisotopic (exact) mass is 538 g/mol. The number of hydrogen-bond acceptors (Lipinski definition) is 5. The van der Waals surface area contributed by atoms with Gasteiger partial charge in [0.05, 0.1) is 29.5 Å². The lowest BCUT2D eigenvalue weighted by atomic mass is 10.00. The van der Waals surface area contributed by atoms with Crippen LogP contribution in [0.25, 0.3) is 15.7 Å². The van der Waals surface area contributed by atoms with E-state index in [0.717, 1.165) is 27.7 Å². The van der Waals surface area contributed by atoms with E-state index in [-0.39, 0.29) is 49.3 Å². The van der Waals surface area contributed by atoms with Crippen LogP contribution in [-0.2, 0) is 20.9 Å². The Morgan fingerprint density at radius 3 is 2.38 bits per heavy atom. The molecule has 4 fully saturated rings. The Labute approximate surface area is 228 Å². The highest BCUT2D eigenvalue weighted by Crippen LogP contribution is 2.50. The van der Waals surface area contributed by atoms with Crippen LogP contribution < -0.4 is 0 Å². The van der Waals surface area contributed by atoms with E-state index < -0.39 is 17.9 Å². The number of rotatable bonds is 4. The van der Waals surface area contributed by atoms with Gasteiger partial charge < -0.3 is 14.2 Å². The number of amides is 4. The van der Waals surface area contributed by atoms with E-state index in [2.05, 4.69) is 0 Å². The zero-order chi connectivity index (χ0) is 26.4. The van der Waals surface area contributed by atoms with Gasteiger partial charge in [-0.15, -0.1) is 11.3 Å².